The smallest absolute Gasteiger partial charge is 0.110 e. The summed E-state index contributed by atoms with van der Waals surface area (Å²) in [6.07, 6.45) is 0. The monoisotopic (exact) mass is 285 g/mol. The van der Waals surface area contributed by atoms with Crippen LogP contribution in [-0.2, 0) is 0 Å². The Morgan fingerprint density at radius 3 is 2.26 bits per heavy atom. The van der Waals surface area contributed by atoms with Gasteiger partial charge in [0.25, 0.3) is 0 Å². The van der Waals surface area contributed by atoms with Crippen molar-refractivity contribution in [2.45, 2.75) is 19.6 Å². The van der Waals surface area contributed by atoms with Gasteiger partial charge in [0.2, 0.25) is 0 Å². The van der Waals surface area contributed by atoms with E-state index < -0.39 is 8.07 Å². The SMILES string of the molecule is C[Si](C)(C)c1cccc(NC(=S)c2ccccc2)c1. The lowest BCUT2D eigenvalue weighted by atomic mass is 10.2. The number of hydrogen-bond acceptors (Lipinski definition) is 1. The molecule has 98 valence electrons. The van der Waals surface area contributed by atoms with E-state index in [1.807, 2.05) is 30.3 Å². The molecule has 1 nitrogen and oxygen atoms in total. The molecule has 0 unspecified atom stereocenters. The third-order valence-corrected chi connectivity index (χ3v) is 5.40. The molecule has 2 aromatic carbocycles. The van der Waals surface area contributed by atoms with Gasteiger partial charge in [-0.25, -0.2) is 0 Å². The Labute approximate surface area is 121 Å². The van der Waals surface area contributed by atoms with E-state index in [-0.39, 0.29) is 0 Å². The fraction of sp³-hybridized carbons (Fsp3) is 0.188. The Hall–Kier alpha value is -1.45. The van der Waals surface area contributed by atoms with Crippen LogP contribution in [0.2, 0.25) is 19.6 Å². The molecule has 0 amide bonds. The standard InChI is InChI=1S/C16H19NSSi/c1-19(2,3)15-11-7-10-14(12-15)17-16(18)13-8-5-4-6-9-13/h4-12H,1-3H3,(H,17,18). The molecule has 1 N–H and O–H groups in total. The van der Waals surface area contributed by atoms with Crippen molar-refractivity contribution < 1.29 is 0 Å². The number of hydrogen-bond donors (Lipinski definition) is 1. The molecule has 0 saturated heterocycles. The van der Waals surface area contributed by atoms with E-state index >= 15 is 0 Å². The van der Waals surface area contributed by atoms with Crippen LogP contribution in [0.3, 0.4) is 0 Å². The molecule has 0 aromatic heterocycles. The molecule has 2 rings (SSSR count). The molecule has 3 heteroatoms. The normalized spacial score (nSPS) is 11.1. The van der Waals surface area contributed by atoms with Gasteiger partial charge in [-0.15, -0.1) is 0 Å². The van der Waals surface area contributed by atoms with Gasteiger partial charge in [-0.1, -0.05) is 79.5 Å². The van der Waals surface area contributed by atoms with Crippen LogP contribution in [-0.4, -0.2) is 13.1 Å². The Balaban J connectivity index is 2.18. The number of rotatable bonds is 3. The first-order valence-corrected chi connectivity index (χ1v) is 10.3. The summed E-state index contributed by atoms with van der Waals surface area (Å²) in [5, 5.41) is 4.76. The fourth-order valence-corrected chi connectivity index (χ4v) is 3.29. The molecule has 0 aliphatic carbocycles. The van der Waals surface area contributed by atoms with E-state index in [1.54, 1.807) is 0 Å². The molecule has 0 aliphatic rings. The molecule has 0 bridgehead atoms. The van der Waals surface area contributed by atoms with Gasteiger partial charge in [0.15, 0.2) is 0 Å². The predicted molar refractivity (Wildman–Crippen MR) is 91.2 cm³/mol. The molecule has 19 heavy (non-hydrogen) atoms. The second kappa shape index (κ2) is 5.68. The summed E-state index contributed by atoms with van der Waals surface area (Å²) in [6, 6.07) is 18.7. The van der Waals surface area contributed by atoms with Crippen molar-refractivity contribution >= 4 is 36.2 Å². The van der Waals surface area contributed by atoms with Crippen molar-refractivity contribution in [1.29, 1.82) is 0 Å². The van der Waals surface area contributed by atoms with E-state index in [4.69, 9.17) is 12.2 Å². The fourth-order valence-electron chi connectivity index (χ4n) is 1.86. The van der Waals surface area contributed by atoms with Crippen molar-refractivity contribution in [1.82, 2.24) is 0 Å². The van der Waals surface area contributed by atoms with Crippen molar-refractivity contribution in [3.63, 3.8) is 0 Å². The third kappa shape index (κ3) is 3.75. The second-order valence-corrected chi connectivity index (χ2v) is 11.1. The molecule has 0 heterocycles. The zero-order valence-electron chi connectivity index (χ0n) is 11.6. The largest absolute Gasteiger partial charge is 0.346 e. The number of thiocarbonyl (C=S) groups is 1. The lowest BCUT2D eigenvalue weighted by Crippen LogP contribution is -2.37. The van der Waals surface area contributed by atoms with E-state index in [2.05, 4.69) is 49.2 Å². The van der Waals surface area contributed by atoms with Gasteiger partial charge in [-0.3, -0.25) is 0 Å². The predicted octanol–water partition coefficient (Wildman–Crippen LogP) is 4.02. The molecule has 0 atom stereocenters. The average Bonchev–Trinajstić information content (AvgIpc) is 2.39. The van der Waals surface area contributed by atoms with Crippen molar-refractivity contribution in [3.05, 3.63) is 60.2 Å². The summed E-state index contributed by atoms with van der Waals surface area (Å²) in [5.41, 5.74) is 2.13. The van der Waals surface area contributed by atoms with E-state index in [0.717, 1.165) is 16.2 Å². The number of nitrogens with one attached hydrogen (secondary N) is 1. The maximum atomic E-state index is 5.44. The molecule has 0 aliphatic heterocycles. The first-order chi connectivity index (χ1) is 8.97. The topological polar surface area (TPSA) is 12.0 Å². The van der Waals surface area contributed by atoms with Gasteiger partial charge >= 0.3 is 0 Å². The van der Waals surface area contributed by atoms with Crippen LogP contribution in [0.15, 0.2) is 54.6 Å². The summed E-state index contributed by atoms with van der Waals surface area (Å²) in [5.74, 6) is 0. The summed E-state index contributed by atoms with van der Waals surface area (Å²) in [7, 11) is -1.28. The molecular weight excluding hydrogens is 266 g/mol. The third-order valence-electron chi connectivity index (χ3n) is 3.02. The summed E-state index contributed by atoms with van der Waals surface area (Å²) in [4.78, 5) is 0.772. The van der Waals surface area contributed by atoms with Gasteiger partial charge in [0.05, 0.1) is 8.07 Å². The molecule has 0 spiro atoms. The van der Waals surface area contributed by atoms with Gasteiger partial charge < -0.3 is 5.32 Å². The lowest BCUT2D eigenvalue weighted by molar-refractivity contribution is 1.61. The van der Waals surface area contributed by atoms with E-state index in [0.29, 0.717) is 0 Å². The first-order valence-electron chi connectivity index (χ1n) is 6.44. The van der Waals surface area contributed by atoms with Gasteiger partial charge in [-0.2, -0.15) is 0 Å². The Morgan fingerprint density at radius 2 is 1.63 bits per heavy atom. The van der Waals surface area contributed by atoms with Gasteiger partial charge in [0.1, 0.15) is 4.99 Å². The summed E-state index contributed by atoms with van der Waals surface area (Å²) < 4.78 is 0. The van der Waals surface area contributed by atoms with Crippen LogP contribution in [0.4, 0.5) is 5.69 Å². The molecule has 0 saturated carbocycles. The van der Waals surface area contributed by atoms with Crippen LogP contribution in [0, 0.1) is 0 Å². The van der Waals surface area contributed by atoms with Crippen molar-refractivity contribution in [2.24, 2.45) is 0 Å². The van der Waals surface area contributed by atoms with Gasteiger partial charge in [0, 0.05) is 11.3 Å². The Kier molecular flexibility index (Phi) is 4.17. The van der Waals surface area contributed by atoms with Crippen molar-refractivity contribution in [3.8, 4) is 0 Å². The van der Waals surface area contributed by atoms with Gasteiger partial charge in [-0.05, 0) is 12.1 Å². The Bertz CT molecular complexity index is 573. The minimum atomic E-state index is -1.28. The summed E-state index contributed by atoms with van der Waals surface area (Å²) >= 11 is 5.44. The van der Waals surface area contributed by atoms with Crippen LogP contribution >= 0.6 is 12.2 Å². The van der Waals surface area contributed by atoms with Crippen molar-refractivity contribution in [2.75, 3.05) is 5.32 Å². The molecule has 2 aromatic rings. The average molecular weight is 285 g/mol. The van der Waals surface area contributed by atoms with Crippen LogP contribution in [0.1, 0.15) is 5.56 Å². The zero-order valence-corrected chi connectivity index (χ0v) is 13.4. The highest BCUT2D eigenvalue weighted by molar-refractivity contribution is 7.81. The maximum absolute atomic E-state index is 5.44. The molecule has 0 fully saturated rings. The van der Waals surface area contributed by atoms with Crippen LogP contribution in [0.25, 0.3) is 0 Å². The van der Waals surface area contributed by atoms with E-state index in [1.165, 1.54) is 5.19 Å². The minimum Gasteiger partial charge on any atom is -0.346 e. The number of anilines is 1. The molecule has 0 radical (unpaired) electrons. The number of benzene rings is 2. The quantitative estimate of drug-likeness (QED) is 0.675. The Morgan fingerprint density at radius 1 is 0.947 bits per heavy atom. The highest BCUT2D eigenvalue weighted by Gasteiger charge is 2.16. The van der Waals surface area contributed by atoms with Crippen LogP contribution < -0.4 is 10.5 Å². The highest BCUT2D eigenvalue weighted by atomic mass is 32.1. The zero-order chi connectivity index (χ0) is 13.9. The second-order valence-electron chi connectivity index (χ2n) is 5.65. The van der Waals surface area contributed by atoms with E-state index in [9.17, 15) is 0 Å². The minimum absolute atomic E-state index is 0.772. The lowest BCUT2D eigenvalue weighted by Gasteiger charge is -2.18. The van der Waals surface area contributed by atoms with Crippen LogP contribution in [0.5, 0.6) is 0 Å². The highest BCUT2D eigenvalue weighted by Crippen LogP contribution is 2.11. The maximum Gasteiger partial charge on any atom is 0.110 e. The summed E-state index contributed by atoms with van der Waals surface area (Å²) in [6.45, 7) is 7.05. The molecular formula is C16H19NSSi. The first kappa shape index (κ1) is 14.0.